The van der Waals surface area contributed by atoms with Gasteiger partial charge in [0.15, 0.2) is 0 Å². The van der Waals surface area contributed by atoms with Crippen molar-refractivity contribution in [3.05, 3.63) is 22.4 Å². The van der Waals surface area contributed by atoms with Crippen LogP contribution in [0.25, 0.3) is 0 Å². The Hall–Kier alpha value is -0.380. The Morgan fingerprint density at radius 2 is 2.05 bits per heavy atom. The maximum absolute atomic E-state index is 6.58. The molecule has 3 rings (SSSR count). The lowest BCUT2D eigenvalue weighted by atomic mass is 9.80. The minimum atomic E-state index is 0.140. The minimum Gasteiger partial charge on any atom is -0.325 e. The van der Waals surface area contributed by atoms with Gasteiger partial charge in [0.2, 0.25) is 0 Å². The number of nitrogens with zero attached hydrogens (tertiary/aromatic N) is 1. The summed E-state index contributed by atoms with van der Waals surface area (Å²) in [7, 11) is 0. The number of nitrogens with two attached hydrogens (primary N) is 1. The van der Waals surface area contributed by atoms with Crippen LogP contribution >= 0.6 is 11.3 Å². The number of hydrogen-bond donors (Lipinski definition) is 1. The molecule has 0 unspecified atom stereocenters. The molecule has 0 aromatic carbocycles. The first-order valence-electron chi connectivity index (χ1n) is 7.81. The van der Waals surface area contributed by atoms with Crippen LogP contribution in [-0.2, 0) is 6.54 Å². The van der Waals surface area contributed by atoms with E-state index in [9.17, 15) is 0 Å². The Morgan fingerprint density at radius 1 is 1.26 bits per heavy atom. The number of hydrogen-bond acceptors (Lipinski definition) is 3. The van der Waals surface area contributed by atoms with Crippen LogP contribution in [0, 0.1) is 0 Å². The molecule has 0 aliphatic heterocycles. The van der Waals surface area contributed by atoms with E-state index in [2.05, 4.69) is 22.4 Å². The molecule has 2 aliphatic rings. The van der Waals surface area contributed by atoms with Gasteiger partial charge in [-0.3, -0.25) is 4.90 Å². The summed E-state index contributed by atoms with van der Waals surface area (Å²) >= 11 is 1.88. The first kappa shape index (κ1) is 13.6. The topological polar surface area (TPSA) is 29.3 Å². The zero-order valence-electron chi connectivity index (χ0n) is 11.8. The van der Waals surface area contributed by atoms with Crippen LogP contribution in [0.4, 0.5) is 0 Å². The highest BCUT2D eigenvalue weighted by Gasteiger charge is 2.32. The smallest absolute Gasteiger partial charge is 0.0330 e. The third-order valence-electron chi connectivity index (χ3n) is 4.75. The highest BCUT2D eigenvalue weighted by molar-refractivity contribution is 7.09. The molecular formula is C16H26N2S. The average Bonchev–Trinajstić information content (AvgIpc) is 3.13. The standard InChI is InChI=1S/C16H26N2S/c17-16(8-2-1-3-9-16)10-11-18(14-6-7-14)13-15-5-4-12-19-15/h4-5,12,14H,1-3,6-11,13,17H2. The van der Waals surface area contributed by atoms with Crippen LogP contribution in [0.5, 0.6) is 0 Å². The summed E-state index contributed by atoms with van der Waals surface area (Å²) in [4.78, 5) is 4.18. The van der Waals surface area contributed by atoms with E-state index in [1.54, 1.807) is 0 Å². The molecule has 0 amide bonds. The van der Waals surface area contributed by atoms with Crippen molar-refractivity contribution >= 4 is 11.3 Å². The predicted molar refractivity (Wildman–Crippen MR) is 82.4 cm³/mol. The zero-order chi connectivity index (χ0) is 13.1. The molecule has 0 bridgehead atoms. The van der Waals surface area contributed by atoms with Gasteiger partial charge in [0.05, 0.1) is 0 Å². The Labute approximate surface area is 121 Å². The molecule has 0 saturated heterocycles. The Balaban J connectivity index is 1.53. The normalized spacial score (nSPS) is 22.8. The van der Waals surface area contributed by atoms with Crippen LogP contribution in [-0.4, -0.2) is 23.0 Å². The second-order valence-corrected chi connectivity index (χ2v) is 7.49. The Bertz CT molecular complexity index is 377. The van der Waals surface area contributed by atoms with E-state index in [1.165, 1.54) is 62.8 Å². The fourth-order valence-electron chi connectivity index (χ4n) is 3.31. The van der Waals surface area contributed by atoms with Crippen molar-refractivity contribution in [3.8, 4) is 0 Å². The fraction of sp³-hybridized carbons (Fsp3) is 0.750. The average molecular weight is 278 g/mol. The van der Waals surface area contributed by atoms with Crippen LogP contribution in [0.15, 0.2) is 17.5 Å². The molecule has 0 spiro atoms. The molecule has 2 fully saturated rings. The van der Waals surface area contributed by atoms with Crippen molar-refractivity contribution in [1.29, 1.82) is 0 Å². The summed E-state index contributed by atoms with van der Waals surface area (Å²) in [5.41, 5.74) is 6.72. The van der Waals surface area contributed by atoms with E-state index in [-0.39, 0.29) is 5.54 Å². The molecule has 2 N–H and O–H groups in total. The van der Waals surface area contributed by atoms with Gasteiger partial charge in [-0.1, -0.05) is 25.3 Å². The van der Waals surface area contributed by atoms with E-state index in [4.69, 9.17) is 5.73 Å². The molecular weight excluding hydrogens is 252 g/mol. The highest BCUT2D eigenvalue weighted by Crippen LogP contribution is 2.33. The predicted octanol–water partition coefficient (Wildman–Crippen LogP) is 3.76. The lowest BCUT2D eigenvalue weighted by Gasteiger charge is -2.35. The minimum absolute atomic E-state index is 0.140. The summed E-state index contributed by atoms with van der Waals surface area (Å²) in [6, 6.07) is 5.27. The van der Waals surface area contributed by atoms with Gasteiger partial charge in [-0.25, -0.2) is 0 Å². The maximum Gasteiger partial charge on any atom is 0.0330 e. The van der Waals surface area contributed by atoms with Crippen molar-refractivity contribution in [1.82, 2.24) is 4.90 Å². The SMILES string of the molecule is NC1(CCN(Cc2cccs2)C2CC2)CCCCC1. The van der Waals surface area contributed by atoms with Gasteiger partial charge in [-0.2, -0.15) is 0 Å². The lowest BCUT2D eigenvalue weighted by Crippen LogP contribution is -2.44. The Morgan fingerprint density at radius 3 is 2.68 bits per heavy atom. The van der Waals surface area contributed by atoms with Crippen LogP contribution in [0.1, 0.15) is 56.2 Å². The molecule has 1 heterocycles. The molecule has 3 heteroatoms. The largest absolute Gasteiger partial charge is 0.325 e. The number of thiophene rings is 1. The van der Waals surface area contributed by atoms with Gasteiger partial charge in [0, 0.05) is 29.5 Å². The third kappa shape index (κ3) is 3.80. The molecule has 2 saturated carbocycles. The summed E-state index contributed by atoms with van der Waals surface area (Å²) in [5.74, 6) is 0. The molecule has 2 aliphatic carbocycles. The van der Waals surface area contributed by atoms with E-state index >= 15 is 0 Å². The van der Waals surface area contributed by atoms with E-state index in [0.29, 0.717) is 0 Å². The van der Waals surface area contributed by atoms with E-state index in [1.807, 2.05) is 11.3 Å². The zero-order valence-corrected chi connectivity index (χ0v) is 12.6. The summed E-state index contributed by atoms with van der Waals surface area (Å²) in [6.45, 7) is 2.33. The van der Waals surface area contributed by atoms with Crippen molar-refractivity contribution in [2.45, 2.75) is 69.5 Å². The fourth-order valence-corrected chi connectivity index (χ4v) is 4.03. The third-order valence-corrected chi connectivity index (χ3v) is 5.61. The monoisotopic (exact) mass is 278 g/mol. The van der Waals surface area contributed by atoms with Crippen molar-refractivity contribution in [2.75, 3.05) is 6.54 Å². The molecule has 1 aromatic heterocycles. The van der Waals surface area contributed by atoms with Crippen LogP contribution in [0.3, 0.4) is 0 Å². The van der Waals surface area contributed by atoms with Crippen LogP contribution < -0.4 is 5.73 Å². The molecule has 1 aromatic rings. The summed E-state index contributed by atoms with van der Waals surface area (Å²) < 4.78 is 0. The van der Waals surface area contributed by atoms with Gasteiger partial charge in [0.25, 0.3) is 0 Å². The number of rotatable bonds is 6. The van der Waals surface area contributed by atoms with Gasteiger partial charge < -0.3 is 5.73 Å². The van der Waals surface area contributed by atoms with Crippen molar-refractivity contribution < 1.29 is 0 Å². The summed E-state index contributed by atoms with van der Waals surface area (Å²) in [6.07, 6.45) is 10.5. The van der Waals surface area contributed by atoms with Gasteiger partial charge in [-0.15, -0.1) is 11.3 Å². The highest BCUT2D eigenvalue weighted by atomic mass is 32.1. The Kier molecular flexibility index (Phi) is 4.25. The maximum atomic E-state index is 6.58. The summed E-state index contributed by atoms with van der Waals surface area (Å²) in [5, 5.41) is 2.19. The second-order valence-electron chi connectivity index (χ2n) is 6.45. The quantitative estimate of drug-likeness (QED) is 0.858. The molecule has 2 nitrogen and oxygen atoms in total. The van der Waals surface area contributed by atoms with Gasteiger partial charge >= 0.3 is 0 Å². The van der Waals surface area contributed by atoms with Crippen molar-refractivity contribution in [2.24, 2.45) is 5.73 Å². The van der Waals surface area contributed by atoms with Gasteiger partial charge in [-0.05, 0) is 43.6 Å². The van der Waals surface area contributed by atoms with E-state index in [0.717, 1.165) is 12.6 Å². The molecule has 0 radical (unpaired) electrons. The van der Waals surface area contributed by atoms with Crippen molar-refractivity contribution in [3.63, 3.8) is 0 Å². The first-order valence-corrected chi connectivity index (χ1v) is 8.68. The second kappa shape index (κ2) is 5.94. The molecule has 0 atom stereocenters. The molecule has 19 heavy (non-hydrogen) atoms. The van der Waals surface area contributed by atoms with E-state index < -0.39 is 0 Å². The van der Waals surface area contributed by atoms with Crippen LogP contribution in [0.2, 0.25) is 0 Å². The first-order chi connectivity index (χ1) is 9.25. The van der Waals surface area contributed by atoms with Gasteiger partial charge in [0.1, 0.15) is 0 Å². The molecule has 106 valence electrons. The lowest BCUT2D eigenvalue weighted by molar-refractivity contribution is 0.197.